The van der Waals surface area contributed by atoms with Crippen LogP contribution >= 0.6 is 11.8 Å². The number of ether oxygens (including phenoxy) is 4. The Balaban J connectivity index is 1.28. The fourth-order valence-electron chi connectivity index (χ4n) is 3.55. The summed E-state index contributed by atoms with van der Waals surface area (Å²) in [7, 11) is 0. The van der Waals surface area contributed by atoms with Crippen LogP contribution in [0.5, 0.6) is 0 Å². The zero-order chi connectivity index (χ0) is 23.7. The number of rotatable bonds is 20. The highest BCUT2D eigenvalue weighted by Crippen LogP contribution is 2.33. The number of unbranched alkanes of at least 4 members (excludes halogenated alkanes) is 1. The van der Waals surface area contributed by atoms with Crippen LogP contribution in [0.2, 0.25) is 0 Å². The van der Waals surface area contributed by atoms with Gasteiger partial charge in [0.15, 0.2) is 0 Å². The number of hydrogen-bond donors (Lipinski definition) is 4. The van der Waals surface area contributed by atoms with E-state index in [0.717, 1.165) is 25.0 Å². The molecule has 2 heterocycles. The molecule has 0 radical (unpaired) electrons. The molecule has 2 aliphatic heterocycles. The first-order chi connectivity index (χ1) is 16.1. The first-order valence-electron chi connectivity index (χ1n) is 11.5. The highest BCUT2D eigenvalue weighted by atomic mass is 32.2. The molecule has 2 fully saturated rings. The third-order valence-electron chi connectivity index (χ3n) is 5.23. The molecule has 190 valence electrons. The van der Waals surface area contributed by atoms with Gasteiger partial charge < -0.3 is 40.0 Å². The number of carboxylic acids is 1. The lowest BCUT2D eigenvalue weighted by molar-refractivity contribution is -0.138. The summed E-state index contributed by atoms with van der Waals surface area (Å²) in [5.74, 6) is 0.115. The van der Waals surface area contributed by atoms with E-state index in [1.54, 1.807) is 0 Å². The maximum atomic E-state index is 11.9. The fourth-order valence-corrected chi connectivity index (χ4v) is 5.09. The zero-order valence-corrected chi connectivity index (χ0v) is 19.9. The highest BCUT2D eigenvalue weighted by molar-refractivity contribution is 8.00. The maximum Gasteiger partial charge on any atom is 0.315 e. The van der Waals surface area contributed by atoms with Gasteiger partial charge in [0.1, 0.15) is 0 Å². The van der Waals surface area contributed by atoms with Crippen LogP contribution in [0, 0.1) is 0 Å². The molecule has 12 heteroatoms. The van der Waals surface area contributed by atoms with E-state index in [1.807, 2.05) is 11.8 Å². The summed E-state index contributed by atoms with van der Waals surface area (Å²) in [5.41, 5.74) is 0. The van der Waals surface area contributed by atoms with Gasteiger partial charge in [-0.2, -0.15) is 11.8 Å². The molecule has 3 amide bonds. The Morgan fingerprint density at radius 3 is 2.21 bits per heavy atom. The number of fused-ring (bicyclic) bond motifs is 1. The molecule has 0 aromatic rings. The van der Waals surface area contributed by atoms with E-state index in [0.29, 0.717) is 64.5 Å². The number of amides is 3. The molecule has 0 spiro atoms. The summed E-state index contributed by atoms with van der Waals surface area (Å²) >= 11 is 1.90. The number of urea groups is 1. The summed E-state index contributed by atoms with van der Waals surface area (Å²) in [4.78, 5) is 33.6. The predicted octanol–water partition coefficient (Wildman–Crippen LogP) is 0.370. The quantitative estimate of drug-likeness (QED) is 0.140. The van der Waals surface area contributed by atoms with Crippen LogP contribution < -0.4 is 16.0 Å². The SMILES string of the molecule is O=C(O)CCOCCOCCOCCOCCNC(=O)CCCCC1SC[C@@H]2NC(=O)N[C@H]12. The molecule has 1 unspecified atom stereocenters. The number of hydrogen-bond acceptors (Lipinski definition) is 8. The molecule has 0 aromatic heterocycles. The van der Waals surface area contributed by atoms with Crippen molar-refractivity contribution in [2.45, 2.75) is 49.4 Å². The molecule has 0 saturated carbocycles. The fraction of sp³-hybridized carbons (Fsp3) is 0.857. The molecule has 4 N–H and O–H groups in total. The predicted molar refractivity (Wildman–Crippen MR) is 122 cm³/mol. The third-order valence-corrected chi connectivity index (χ3v) is 6.73. The van der Waals surface area contributed by atoms with Crippen LogP contribution in [0.25, 0.3) is 0 Å². The first kappa shape index (κ1) is 27.6. The van der Waals surface area contributed by atoms with Crippen LogP contribution in [0.15, 0.2) is 0 Å². The van der Waals surface area contributed by atoms with Gasteiger partial charge in [0.2, 0.25) is 5.91 Å². The number of thioether (sulfide) groups is 1. The Hall–Kier alpha value is -1.60. The number of aliphatic carboxylic acids is 1. The Morgan fingerprint density at radius 1 is 0.909 bits per heavy atom. The lowest BCUT2D eigenvalue weighted by Crippen LogP contribution is -2.36. The second-order valence-corrected chi connectivity index (χ2v) is 9.08. The molecule has 33 heavy (non-hydrogen) atoms. The van der Waals surface area contributed by atoms with E-state index in [2.05, 4.69) is 16.0 Å². The van der Waals surface area contributed by atoms with E-state index in [-0.39, 0.29) is 37.0 Å². The van der Waals surface area contributed by atoms with Crippen molar-refractivity contribution in [3.63, 3.8) is 0 Å². The van der Waals surface area contributed by atoms with Gasteiger partial charge in [0.05, 0.1) is 71.4 Å². The summed E-state index contributed by atoms with van der Waals surface area (Å²) in [5, 5.41) is 17.7. The van der Waals surface area contributed by atoms with Gasteiger partial charge in [0, 0.05) is 24.0 Å². The van der Waals surface area contributed by atoms with E-state index >= 15 is 0 Å². The summed E-state index contributed by atoms with van der Waals surface area (Å²) < 4.78 is 21.2. The molecule has 2 aliphatic rings. The van der Waals surface area contributed by atoms with Crippen molar-refractivity contribution in [1.29, 1.82) is 0 Å². The molecule has 2 rings (SSSR count). The van der Waals surface area contributed by atoms with Gasteiger partial charge in [-0.05, 0) is 12.8 Å². The molecule has 3 atom stereocenters. The smallest absolute Gasteiger partial charge is 0.315 e. The van der Waals surface area contributed by atoms with Crippen molar-refractivity contribution >= 4 is 29.7 Å². The Labute approximate surface area is 199 Å². The van der Waals surface area contributed by atoms with E-state index < -0.39 is 5.97 Å². The van der Waals surface area contributed by atoms with E-state index in [4.69, 9.17) is 24.1 Å². The number of carbonyl (C=O) groups excluding carboxylic acids is 2. The minimum atomic E-state index is -0.878. The lowest BCUT2D eigenvalue weighted by Gasteiger charge is -2.16. The average molecular weight is 492 g/mol. The minimum Gasteiger partial charge on any atom is -0.481 e. The van der Waals surface area contributed by atoms with Crippen LogP contribution in [0.3, 0.4) is 0 Å². The Kier molecular flexibility index (Phi) is 14.2. The summed E-state index contributed by atoms with van der Waals surface area (Å²) in [6.45, 7) is 3.63. The van der Waals surface area contributed by atoms with Crippen LogP contribution in [0.1, 0.15) is 32.1 Å². The molecule has 2 saturated heterocycles. The second-order valence-electron chi connectivity index (χ2n) is 7.81. The first-order valence-corrected chi connectivity index (χ1v) is 12.6. The minimum absolute atomic E-state index is 0.00563. The van der Waals surface area contributed by atoms with Crippen molar-refractivity contribution in [1.82, 2.24) is 16.0 Å². The highest BCUT2D eigenvalue weighted by Gasteiger charge is 2.42. The standard InChI is InChI=1S/C21H37N3O8S/c25-18(4-2-1-3-17-20-16(15-33-17)23-21(28)24-20)22-6-8-30-10-12-32-14-13-31-11-9-29-7-5-19(26)27/h16-17,20H,1-15H2,(H,22,25)(H,26,27)(H2,23,24,28)/t16-,17?,20-/m0/s1. The average Bonchev–Trinajstić information content (AvgIpc) is 3.33. The Morgan fingerprint density at radius 2 is 1.55 bits per heavy atom. The molecular formula is C21H37N3O8S. The Bertz CT molecular complexity index is 598. The van der Waals surface area contributed by atoms with Crippen molar-refractivity contribution in [2.24, 2.45) is 0 Å². The van der Waals surface area contributed by atoms with Gasteiger partial charge in [0.25, 0.3) is 0 Å². The van der Waals surface area contributed by atoms with Gasteiger partial charge in [-0.3, -0.25) is 9.59 Å². The molecule has 0 aromatic carbocycles. The van der Waals surface area contributed by atoms with E-state index in [1.165, 1.54) is 0 Å². The van der Waals surface area contributed by atoms with Crippen molar-refractivity contribution in [3.05, 3.63) is 0 Å². The largest absolute Gasteiger partial charge is 0.481 e. The number of nitrogens with one attached hydrogen (secondary N) is 3. The molecule has 11 nitrogen and oxygen atoms in total. The zero-order valence-electron chi connectivity index (χ0n) is 19.1. The van der Waals surface area contributed by atoms with Crippen LogP contribution in [-0.2, 0) is 28.5 Å². The van der Waals surface area contributed by atoms with Crippen LogP contribution in [0.4, 0.5) is 4.79 Å². The molecule has 0 aliphatic carbocycles. The second kappa shape index (κ2) is 16.9. The number of carboxylic acid groups (broad SMARTS) is 1. The van der Waals surface area contributed by atoms with Gasteiger partial charge >= 0.3 is 12.0 Å². The van der Waals surface area contributed by atoms with Gasteiger partial charge in [-0.25, -0.2) is 4.79 Å². The lowest BCUT2D eigenvalue weighted by atomic mass is 10.0. The van der Waals surface area contributed by atoms with Gasteiger partial charge in [-0.1, -0.05) is 6.42 Å². The van der Waals surface area contributed by atoms with Crippen molar-refractivity contribution < 1.29 is 38.4 Å². The number of carbonyl (C=O) groups is 3. The normalized spacial score (nSPS) is 21.5. The maximum absolute atomic E-state index is 11.9. The monoisotopic (exact) mass is 491 g/mol. The summed E-state index contributed by atoms with van der Waals surface area (Å²) in [6.07, 6.45) is 3.32. The van der Waals surface area contributed by atoms with Crippen molar-refractivity contribution in [2.75, 3.05) is 65.2 Å². The molecular weight excluding hydrogens is 454 g/mol. The van der Waals surface area contributed by atoms with E-state index in [9.17, 15) is 14.4 Å². The van der Waals surface area contributed by atoms with Crippen LogP contribution in [-0.4, -0.2) is 106 Å². The molecule has 0 bridgehead atoms. The van der Waals surface area contributed by atoms with Crippen molar-refractivity contribution in [3.8, 4) is 0 Å². The third kappa shape index (κ3) is 12.4. The summed E-state index contributed by atoms with van der Waals surface area (Å²) in [6, 6.07) is 0.408. The van der Waals surface area contributed by atoms with Gasteiger partial charge in [-0.15, -0.1) is 0 Å². The topological polar surface area (TPSA) is 144 Å².